The van der Waals surface area contributed by atoms with E-state index in [4.69, 9.17) is 9.47 Å². The van der Waals surface area contributed by atoms with Gasteiger partial charge in [-0.3, -0.25) is 0 Å². The fourth-order valence-electron chi connectivity index (χ4n) is 1.19. The lowest BCUT2D eigenvalue weighted by molar-refractivity contribution is 0.174. The van der Waals surface area contributed by atoms with Gasteiger partial charge < -0.3 is 14.4 Å². The molecule has 0 spiro atoms. The van der Waals surface area contributed by atoms with E-state index in [1.165, 1.54) is 0 Å². The molecule has 0 bridgehead atoms. The van der Waals surface area contributed by atoms with Gasteiger partial charge in [-0.25, -0.2) is 0 Å². The third kappa shape index (κ3) is 1.58. The highest BCUT2D eigenvalue weighted by molar-refractivity contribution is 9.09. The molecule has 3 nitrogen and oxygen atoms in total. The number of hydrogen-bond donors (Lipinski definition) is 0. The first-order valence-electron chi connectivity index (χ1n) is 3.98. The lowest BCUT2D eigenvalue weighted by atomic mass is 10.2. The number of hydrogen-bond acceptors (Lipinski definition) is 3. The molecule has 0 unspecified atom stereocenters. The summed E-state index contributed by atoms with van der Waals surface area (Å²) in [6, 6.07) is 5.91. The Morgan fingerprint density at radius 1 is 1.38 bits per heavy atom. The zero-order valence-corrected chi connectivity index (χ0v) is 8.87. The highest BCUT2D eigenvalue weighted by atomic mass is 79.9. The van der Waals surface area contributed by atoms with Gasteiger partial charge in [0.2, 0.25) is 6.79 Å². The van der Waals surface area contributed by atoms with E-state index in [2.05, 4.69) is 20.8 Å². The van der Waals surface area contributed by atoms with Gasteiger partial charge in [-0.15, -0.1) is 0 Å². The first-order valence-corrected chi connectivity index (χ1v) is 5.10. The summed E-state index contributed by atoms with van der Waals surface area (Å²) in [7, 11) is 2.01. The summed E-state index contributed by atoms with van der Waals surface area (Å²) in [5.41, 5.74) is 1.91. The van der Waals surface area contributed by atoms with Crippen LogP contribution in [0.15, 0.2) is 18.2 Å². The van der Waals surface area contributed by atoms with Crippen molar-refractivity contribution in [1.82, 2.24) is 0 Å². The Kier molecular flexibility index (Phi) is 2.31. The van der Waals surface area contributed by atoms with Gasteiger partial charge in [-0.2, -0.15) is 0 Å². The van der Waals surface area contributed by atoms with Crippen LogP contribution >= 0.6 is 15.9 Å². The monoisotopic (exact) mass is 243 g/mol. The number of anilines is 1. The molecule has 0 fully saturated rings. The van der Waals surface area contributed by atoms with E-state index in [-0.39, 0.29) is 0 Å². The summed E-state index contributed by atoms with van der Waals surface area (Å²) in [4.78, 5) is 2.07. The minimum atomic E-state index is 0.330. The largest absolute Gasteiger partial charge is 0.454 e. The number of alkyl halides is 1. The third-order valence-corrected chi connectivity index (χ3v) is 2.73. The van der Waals surface area contributed by atoms with Gasteiger partial charge in [0, 0.05) is 18.8 Å². The second kappa shape index (κ2) is 3.46. The van der Waals surface area contributed by atoms with Gasteiger partial charge in [-0.05, 0) is 12.1 Å². The molecule has 13 heavy (non-hydrogen) atoms. The fraction of sp³-hybridized carbons (Fsp3) is 0.333. The summed E-state index contributed by atoms with van der Waals surface area (Å²) in [5.74, 6) is 1.65. The Labute approximate surface area is 85.4 Å². The van der Waals surface area contributed by atoms with Gasteiger partial charge in [-0.1, -0.05) is 15.9 Å². The van der Waals surface area contributed by atoms with E-state index in [9.17, 15) is 0 Å². The predicted octanol–water partition coefficient (Wildman–Crippen LogP) is 2.20. The Balaban J connectivity index is 2.30. The molecular weight excluding hydrogens is 234 g/mol. The molecule has 1 aliphatic heterocycles. The first-order chi connectivity index (χ1) is 6.31. The smallest absolute Gasteiger partial charge is 0.231 e. The second-order valence-corrected chi connectivity index (χ2v) is 3.36. The summed E-state index contributed by atoms with van der Waals surface area (Å²) < 4.78 is 10.5. The average molecular weight is 244 g/mol. The van der Waals surface area contributed by atoms with Gasteiger partial charge in [0.25, 0.3) is 0 Å². The molecular formula is C9H10BrNO2. The lowest BCUT2D eigenvalue weighted by Crippen LogP contribution is -2.13. The second-order valence-electron chi connectivity index (χ2n) is 2.86. The van der Waals surface area contributed by atoms with Crippen molar-refractivity contribution in [3.05, 3.63) is 18.2 Å². The number of fused-ring (bicyclic) bond motifs is 1. The zero-order valence-electron chi connectivity index (χ0n) is 7.29. The number of benzene rings is 1. The van der Waals surface area contributed by atoms with Crippen LogP contribution in [0.4, 0.5) is 5.69 Å². The minimum absolute atomic E-state index is 0.330. The third-order valence-electron chi connectivity index (χ3n) is 1.98. The van der Waals surface area contributed by atoms with Crippen molar-refractivity contribution in [2.75, 3.05) is 24.2 Å². The Morgan fingerprint density at radius 2 is 2.15 bits per heavy atom. The van der Waals surface area contributed by atoms with Crippen LogP contribution in [0, 0.1) is 0 Å². The summed E-state index contributed by atoms with van der Waals surface area (Å²) in [5, 5.41) is 0. The molecule has 1 aromatic rings. The van der Waals surface area contributed by atoms with Gasteiger partial charge >= 0.3 is 0 Å². The van der Waals surface area contributed by atoms with Gasteiger partial charge in [0.05, 0.1) is 5.45 Å². The van der Waals surface area contributed by atoms with Crippen molar-refractivity contribution in [3.63, 3.8) is 0 Å². The van der Waals surface area contributed by atoms with Crippen LogP contribution in [-0.4, -0.2) is 19.3 Å². The van der Waals surface area contributed by atoms with Crippen molar-refractivity contribution >= 4 is 21.6 Å². The molecule has 1 heterocycles. The van der Waals surface area contributed by atoms with Crippen LogP contribution in [0.3, 0.4) is 0 Å². The normalized spacial score (nSPS) is 13.1. The lowest BCUT2D eigenvalue weighted by Gasteiger charge is -2.15. The molecule has 4 heteroatoms. The van der Waals surface area contributed by atoms with Crippen LogP contribution < -0.4 is 14.4 Å². The standard InChI is InChI=1S/C9H10BrNO2/c1-11(5-10)7-2-3-8-9(4-7)13-6-12-8/h2-4H,5-6H2,1H3. The molecule has 0 aromatic heterocycles. The van der Waals surface area contributed by atoms with Crippen molar-refractivity contribution in [3.8, 4) is 11.5 Å². The highest BCUT2D eigenvalue weighted by Gasteiger charge is 2.13. The molecule has 0 atom stereocenters. The molecule has 2 rings (SSSR count). The Bertz CT molecular complexity index is 316. The molecule has 1 aromatic carbocycles. The van der Waals surface area contributed by atoms with Crippen molar-refractivity contribution < 1.29 is 9.47 Å². The average Bonchev–Trinajstić information content (AvgIpc) is 2.63. The highest BCUT2D eigenvalue weighted by Crippen LogP contribution is 2.35. The maximum atomic E-state index is 5.27. The Hall–Kier alpha value is -0.900. The molecule has 0 aliphatic carbocycles. The molecule has 1 aliphatic rings. The fourth-order valence-corrected chi connectivity index (χ4v) is 1.48. The van der Waals surface area contributed by atoms with Crippen molar-refractivity contribution in [2.45, 2.75) is 0 Å². The Morgan fingerprint density at radius 3 is 2.92 bits per heavy atom. The maximum absolute atomic E-state index is 5.27. The summed E-state index contributed by atoms with van der Waals surface area (Å²) >= 11 is 3.39. The molecule has 0 amide bonds. The summed E-state index contributed by atoms with van der Waals surface area (Å²) in [6.07, 6.45) is 0. The van der Waals surface area contributed by atoms with E-state index in [1.807, 2.05) is 25.2 Å². The first kappa shape index (κ1) is 8.69. The molecule has 0 N–H and O–H groups in total. The van der Waals surface area contributed by atoms with Gasteiger partial charge in [0.15, 0.2) is 11.5 Å². The van der Waals surface area contributed by atoms with E-state index < -0.39 is 0 Å². The SMILES string of the molecule is CN(CBr)c1ccc2c(c1)OCO2. The van der Waals surface area contributed by atoms with Crippen LogP contribution in [-0.2, 0) is 0 Å². The molecule has 0 radical (unpaired) electrons. The topological polar surface area (TPSA) is 21.7 Å². The minimum Gasteiger partial charge on any atom is -0.454 e. The van der Waals surface area contributed by atoms with Crippen LogP contribution in [0.2, 0.25) is 0 Å². The van der Waals surface area contributed by atoms with Crippen molar-refractivity contribution in [1.29, 1.82) is 0 Å². The summed E-state index contributed by atoms with van der Waals surface area (Å²) in [6.45, 7) is 0.330. The number of halogens is 1. The molecule has 0 saturated heterocycles. The number of ether oxygens (including phenoxy) is 2. The van der Waals surface area contributed by atoms with Crippen LogP contribution in [0.25, 0.3) is 0 Å². The van der Waals surface area contributed by atoms with E-state index in [1.54, 1.807) is 0 Å². The zero-order chi connectivity index (χ0) is 9.26. The molecule has 70 valence electrons. The predicted molar refractivity (Wildman–Crippen MR) is 54.8 cm³/mol. The van der Waals surface area contributed by atoms with E-state index in [0.717, 1.165) is 22.6 Å². The maximum Gasteiger partial charge on any atom is 0.231 e. The molecule has 0 saturated carbocycles. The van der Waals surface area contributed by atoms with E-state index >= 15 is 0 Å². The van der Waals surface area contributed by atoms with Crippen molar-refractivity contribution in [2.24, 2.45) is 0 Å². The quantitative estimate of drug-likeness (QED) is 0.588. The van der Waals surface area contributed by atoms with Gasteiger partial charge in [0.1, 0.15) is 0 Å². The van der Waals surface area contributed by atoms with Crippen LogP contribution in [0.5, 0.6) is 11.5 Å². The van der Waals surface area contributed by atoms with Crippen LogP contribution in [0.1, 0.15) is 0 Å². The number of nitrogens with zero attached hydrogens (tertiary/aromatic N) is 1. The number of rotatable bonds is 2. The van der Waals surface area contributed by atoms with E-state index in [0.29, 0.717) is 6.79 Å².